The number of aromatic amines is 1. The highest BCUT2D eigenvalue weighted by Crippen LogP contribution is 2.27. The number of nitrogens with zero attached hydrogens (tertiary/aromatic N) is 6. The first-order chi connectivity index (χ1) is 17.3. The minimum absolute atomic E-state index is 0.0199. The molecule has 11 nitrogen and oxygen atoms in total. The average molecular weight is 511 g/mol. The molecular weight excluding hydrogens is 486 g/mol. The van der Waals surface area contributed by atoms with Crippen LogP contribution in [0.3, 0.4) is 0 Å². The van der Waals surface area contributed by atoms with Crippen molar-refractivity contribution in [1.82, 2.24) is 30.1 Å². The fourth-order valence-electron chi connectivity index (χ4n) is 3.64. The number of aryl methyl sites for hydroxylation is 1. The van der Waals surface area contributed by atoms with Crippen LogP contribution in [-0.4, -0.2) is 76.1 Å². The summed E-state index contributed by atoms with van der Waals surface area (Å²) in [7, 11) is 1.48. The molecule has 4 heterocycles. The molecule has 1 fully saturated rings. The number of rotatable bonds is 10. The molecule has 1 aliphatic heterocycles. The number of alkyl halides is 2. The predicted octanol–water partition coefficient (Wildman–Crippen LogP) is 2.98. The number of H-pyrrole nitrogens is 1. The number of anilines is 4. The van der Waals surface area contributed by atoms with Crippen LogP contribution in [0.4, 0.5) is 41.2 Å². The Balaban J connectivity index is 1.71. The highest BCUT2D eigenvalue weighted by Gasteiger charge is 2.33. The van der Waals surface area contributed by atoms with Gasteiger partial charge in [-0.05, 0) is 13.3 Å². The molecule has 0 unspecified atom stereocenters. The molecule has 194 valence electrons. The molecule has 0 aromatic carbocycles. The summed E-state index contributed by atoms with van der Waals surface area (Å²) >= 11 is 0. The summed E-state index contributed by atoms with van der Waals surface area (Å²) in [5, 5.41) is 12.7. The van der Waals surface area contributed by atoms with Crippen LogP contribution >= 0.6 is 0 Å². The van der Waals surface area contributed by atoms with Crippen LogP contribution in [0.25, 0.3) is 0 Å². The molecule has 1 aliphatic rings. The van der Waals surface area contributed by atoms with Crippen LogP contribution in [0.2, 0.25) is 0 Å². The number of nitrogens with one attached hydrogen (secondary N) is 3. The Morgan fingerprint density at radius 2 is 2.03 bits per heavy atom. The van der Waals surface area contributed by atoms with Crippen LogP contribution in [-0.2, 0) is 9.47 Å². The first-order valence-electron chi connectivity index (χ1n) is 11.1. The number of ether oxygens (including phenoxy) is 2. The van der Waals surface area contributed by atoms with Crippen molar-refractivity contribution in [2.75, 3.05) is 49.0 Å². The minimum Gasteiger partial charge on any atom is -0.385 e. The van der Waals surface area contributed by atoms with Crippen molar-refractivity contribution in [3.05, 3.63) is 41.4 Å². The Morgan fingerprint density at radius 1 is 1.22 bits per heavy atom. The third-order valence-corrected chi connectivity index (χ3v) is 5.36. The summed E-state index contributed by atoms with van der Waals surface area (Å²) in [5.41, 5.74) is 0.693. The lowest BCUT2D eigenvalue weighted by Gasteiger charge is -2.35. The Labute approximate surface area is 203 Å². The maximum atomic E-state index is 14.5. The van der Waals surface area contributed by atoms with Crippen molar-refractivity contribution in [3.8, 4) is 0 Å². The van der Waals surface area contributed by atoms with Gasteiger partial charge < -0.3 is 25.0 Å². The maximum absolute atomic E-state index is 14.5. The molecule has 0 aliphatic carbocycles. The Hall–Kier alpha value is -3.59. The van der Waals surface area contributed by atoms with E-state index in [9.17, 15) is 17.6 Å². The number of hydrogen-bond donors (Lipinski definition) is 3. The molecule has 3 aromatic heterocycles. The summed E-state index contributed by atoms with van der Waals surface area (Å²) in [6.07, 6.45) is -1.59. The molecule has 36 heavy (non-hydrogen) atoms. The van der Waals surface area contributed by atoms with Gasteiger partial charge in [0, 0.05) is 38.1 Å². The summed E-state index contributed by atoms with van der Waals surface area (Å²) in [6, 6.07) is 0.329. The zero-order valence-corrected chi connectivity index (χ0v) is 19.5. The molecule has 3 N–H and O–H groups in total. The number of halogens is 4. The van der Waals surface area contributed by atoms with Gasteiger partial charge in [0.25, 0.3) is 6.43 Å². The third-order valence-electron chi connectivity index (χ3n) is 5.36. The Kier molecular flexibility index (Phi) is 8.10. The summed E-state index contributed by atoms with van der Waals surface area (Å²) in [6.45, 7) is 2.15. The van der Waals surface area contributed by atoms with Crippen LogP contribution in [0.1, 0.15) is 23.9 Å². The van der Waals surface area contributed by atoms with E-state index in [0.29, 0.717) is 5.82 Å². The molecule has 0 spiro atoms. The second kappa shape index (κ2) is 11.4. The molecule has 0 amide bonds. The van der Waals surface area contributed by atoms with E-state index in [2.05, 4.69) is 40.8 Å². The van der Waals surface area contributed by atoms with E-state index in [1.807, 2.05) is 0 Å². The van der Waals surface area contributed by atoms with Gasteiger partial charge in [-0.2, -0.15) is 20.1 Å². The van der Waals surface area contributed by atoms with Crippen LogP contribution in [0.5, 0.6) is 0 Å². The minimum atomic E-state index is -2.71. The normalized spacial score (nSPS) is 16.9. The zero-order valence-electron chi connectivity index (χ0n) is 19.5. The number of hydrogen-bond acceptors (Lipinski definition) is 10. The van der Waals surface area contributed by atoms with Gasteiger partial charge in [0.1, 0.15) is 17.7 Å². The highest BCUT2D eigenvalue weighted by atomic mass is 19.3. The average Bonchev–Trinajstić information content (AvgIpc) is 3.26. The van der Waals surface area contributed by atoms with Crippen LogP contribution in [0.15, 0.2) is 18.3 Å². The van der Waals surface area contributed by atoms with Crippen LogP contribution in [0, 0.1) is 18.6 Å². The topological polar surface area (TPSA) is 126 Å². The molecule has 2 atom stereocenters. The van der Waals surface area contributed by atoms with Crippen molar-refractivity contribution < 1.29 is 27.0 Å². The van der Waals surface area contributed by atoms with Gasteiger partial charge >= 0.3 is 0 Å². The van der Waals surface area contributed by atoms with Crippen LogP contribution < -0.4 is 15.5 Å². The smallest absolute Gasteiger partial charge is 0.260 e. The van der Waals surface area contributed by atoms with E-state index in [1.165, 1.54) is 12.0 Å². The Bertz CT molecular complexity index is 1170. The SMILES string of the molecule is COCC[C@H](Nc1nc(Nc2cc(C)[nH]n2)nc(N2CCOC[C@H]2C(F)F)n1)c1ncc(F)cc1F. The monoisotopic (exact) mass is 511 g/mol. The van der Waals surface area contributed by atoms with Crippen molar-refractivity contribution in [2.24, 2.45) is 0 Å². The molecule has 0 radical (unpaired) electrons. The maximum Gasteiger partial charge on any atom is 0.260 e. The van der Waals surface area contributed by atoms with E-state index in [-0.39, 0.29) is 56.3 Å². The lowest BCUT2D eigenvalue weighted by Crippen LogP contribution is -2.50. The molecule has 1 saturated heterocycles. The van der Waals surface area contributed by atoms with E-state index in [4.69, 9.17) is 9.47 Å². The van der Waals surface area contributed by atoms with E-state index >= 15 is 0 Å². The second-order valence-corrected chi connectivity index (χ2v) is 8.01. The number of aromatic nitrogens is 6. The second-order valence-electron chi connectivity index (χ2n) is 8.01. The van der Waals surface area contributed by atoms with Gasteiger partial charge in [-0.15, -0.1) is 0 Å². The van der Waals surface area contributed by atoms with Crippen molar-refractivity contribution >= 4 is 23.7 Å². The van der Waals surface area contributed by atoms with Gasteiger partial charge in [-0.25, -0.2) is 17.6 Å². The molecule has 3 aromatic rings. The molecule has 15 heteroatoms. The number of morpholine rings is 1. The third kappa shape index (κ3) is 6.15. The predicted molar refractivity (Wildman–Crippen MR) is 121 cm³/mol. The fourth-order valence-corrected chi connectivity index (χ4v) is 3.64. The first kappa shape index (κ1) is 25.5. The Morgan fingerprint density at radius 3 is 2.72 bits per heavy atom. The molecule has 0 saturated carbocycles. The largest absolute Gasteiger partial charge is 0.385 e. The van der Waals surface area contributed by atoms with Gasteiger partial charge in [0.2, 0.25) is 17.8 Å². The molecule has 4 rings (SSSR count). The first-order valence-corrected chi connectivity index (χ1v) is 11.1. The van der Waals surface area contributed by atoms with Gasteiger partial charge in [0.05, 0.1) is 31.1 Å². The number of methoxy groups -OCH3 is 1. The lowest BCUT2D eigenvalue weighted by molar-refractivity contribution is 0.0199. The van der Waals surface area contributed by atoms with Gasteiger partial charge in [0.15, 0.2) is 5.82 Å². The molecule has 0 bridgehead atoms. The summed E-state index contributed by atoms with van der Waals surface area (Å²) < 4.78 is 65.7. The number of pyridine rings is 1. The highest BCUT2D eigenvalue weighted by molar-refractivity contribution is 5.53. The lowest BCUT2D eigenvalue weighted by atomic mass is 10.1. The quantitative estimate of drug-likeness (QED) is 0.350. The van der Waals surface area contributed by atoms with Crippen molar-refractivity contribution in [2.45, 2.75) is 31.9 Å². The molecular formula is C21H25F4N9O2. The van der Waals surface area contributed by atoms with E-state index in [1.54, 1.807) is 13.0 Å². The van der Waals surface area contributed by atoms with Gasteiger partial charge in [-0.1, -0.05) is 0 Å². The standard InChI is InChI=1S/C21H25F4N9O2/c1-11-7-16(33-32-11)28-20-29-19(30-21(31-20)34-4-6-36-10-15(34)18(24)25)27-14(3-5-35-2)17-13(23)8-12(22)9-26-17/h7-9,14-15,18H,3-6,10H2,1-2H3,(H3,27,28,29,30,31,32,33)/t14-,15-/m0/s1. The fraction of sp³-hybridized carbons (Fsp3) is 0.476. The van der Waals surface area contributed by atoms with E-state index in [0.717, 1.165) is 18.0 Å². The zero-order chi connectivity index (χ0) is 25.7. The van der Waals surface area contributed by atoms with Crippen molar-refractivity contribution in [1.29, 1.82) is 0 Å². The summed E-state index contributed by atoms with van der Waals surface area (Å²) in [4.78, 5) is 18.2. The summed E-state index contributed by atoms with van der Waals surface area (Å²) in [5.74, 6) is -1.35. The van der Waals surface area contributed by atoms with Crippen molar-refractivity contribution in [3.63, 3.8) is 0 Å². The van der Waals surface area contributed by atoms with E-state index < -0.39 is 30.1 Å². The van der Waals surface area contributed by atoms with Gasteiger partial charge in [-0.3, -0.25) is 10.1 Å².